The minimum atomic E-state index is -0.320. The number of nitrogens with zero attached hydrogens (tertiary/aromatic N) is 2. The summed E-state index contributed by atoms with van der Waals surface area (Å²) in [7, 11) is 1.80. The van der Waals surface area contributed by atoms with Crippen molar-refractivity contribution in [3.05, 3.63) is 28.8 Å². The van der Waals surface area contributed by atoms with Gasteiger partial charge in [0.25, 0.3) is 0 Å². The molecular formula is C23H34ClN5O3. The first-order valence-corrected chi connectivity index (χ1v) is 11.4. The molecule has 1 atom stereocenters. The van der Waals surface area contributed by atoms with E-state index in [1.165, 1.54) is 0 Å². The second-order valence-electron chi connectivity index (χ2n) is 9.66. The van der Waals surface area contributed by atoms with Crippen LogP contribution in [0.5, 0.6) is 5.75 Å². The van der Waals surface area contributed by atoms with Gasteiger partial charge in [-0.15, -0.1) is 0 Å². The van der Waals surface area contributed by atoms with Crippen LogP contribution in [0.4, 0.5) is 0 Å². The molecule has 3 rings (SSSR count). The Morgan fingerprint density at radius 3 is 2.47 bits per heavy atom. The summed E-state index contributed by atoms with van der Waals surface area (Å²) in [5.41, 5.74) is 6.18. The van der Waals surface area contributed by atoms with E-state index in [1.54, 1.807) is 25.2 Å². The third-order valence-electron chi connectivity index (χ3n) is 6.64. The SMILES string of the molecule is CNNC(OCN[C@H]1C(C)(C)[C@H](Oc2ccc(C#N)c(Cl)c2)C1(C)C)N1CCC(=O)CC1. The normalized spacial score (nSPS) is 25.6. The highest BCUT2D eigenvalue weighted by molar-refractivity contribution is 6.31. The summed E-state index contributed by atoms with van der Waals surface area (Å²) in [5.74, 6) is 0.961. The first kappa shape index (κ1) is 24.9. The number of nitrogens with one attached hydrogen (secondary N) is 3. The molecule has 1 heterocycles. The Labute approximate surface area is 195 Å². The summed E-state index contributed by atoms with van der Waals surface area (Å²) in [6.45, 7) is 10.4. The van der Waals surface area contributed by atoms with E-state index in [-0.39, 0.29) is 29.3 Å². The van der Waals surface area contributed by atoms with Crippen LogP contribution < -0.4 is 20.9 Å². The number of piperidine rings is 1. The topological polar surface area (TPSA) is 98.7 Å². The van der Waals surface area contributed by atoms with E-state index >= 15 is 0 Å². The molecule has 8 nitrogen and oxygen atoms in total. The summed E-state index contributed by atoms with van der Waals surface area (Å²) >= 11 is 6.18. The smallest absolute Gasteiger partial charge is 0.180 e. The Morgan fingerprint density at radius 1 is 1.25 bits per heavy atom. The number of hydrazine groups is 1. The van der Waals surface area contributed by atoms with Crippen LogP contribution in [-0.4, -0.2) is 56.0 Å². The zero-order valence-electron chi connectivity index (χ0n) is 19.5. The van der Waals surface area contributed by atoms with Gasteiger partial charge >= 0.3 is 0 Å². The summed E-state index contributed by atoms with van der Waals surface area (Å²) in [4.78, 5) is 13.7. The number of halogens is 1. The molecule has 176 valence electrons. The van der Waals surface area contributed by atoms with Gasteiger partial charge in [-0.2, -0.15) is 5.26 Å². The van der Waals surface area contributed by atoms with Gasteiger partial charge < -0.3 is 9.47 Å². The molecule has 2 fully saturated rings. The highest BCUT2D eigenvalue weighted by Crippen LogP contribution is 2.55. The number of carbonyl (C=O) groups is 1. The maximum atomic E-state index is 11.5. The summed E-state index contributed by atoms with van der Waals surface area (Å²) in [5, 5.41) is 13.0. The van der Waals surface area contributed by atoms with Gasteiger partial charge in [-0.3, -0.25) is 20.4 Å². The van der Waals surface area contributed by atoms with Crippen LogP contribution in [0.25, 0.3) is 0 Å². The van der Waals surface area contributed by atoms with Crippen molar-refractivity contribution in [3.63, 3.8) is 0 Å². The van der Waals surface area contributed by atoms with Gasteiger partial charge in [-0.25, -0.2) is 5.43 Å². The minimum Gasteiger partial charge on any atom is -0.489 e. The first-order valence-electron chi connectivity index (χ1n) is 11.0. The fourth-order valence-corrected chi connectivity index (χ4v) is 5.54. The Hall–Kier alpha value is -1.73. The van der Waals surface area contributed by atoms with Crippen LogP contribution in [-0.2, 0) is 9.53 Å². The van der Waals surface area contributed by atoms with Crippen LogP contribution in [0.3, 0.4) is 0 Å². The van der Waals surface area contributed by atoms with E-state index in [1.807, 2.05) is 0 Å². The van der Waals surface area contributed by atoms with Crippen molar-refractivity contribution in [1.82, 2.24) is 21.1 Å². The van der Waals surface area contributed by atoms with Gasteiger partial charge in [0, 0.05) is 48.9 Å². The standard InChI is InChI=1S/C23H34ClN5O3/c1-22(2)19(27-14-31-21(28-26-5)29-10-8-16(30)9-11-29)23(3,4)20(22)32-17-7-6-15(13-25)18(24)12-17/h6-7,12,19-21,26-28H,8-11,14H2,1-5H3/t19-,20-,21?. The number of ether oxygens (including phenoxy) is 2. The maximum absolute atomic E-state index is 11.5. The van der Waals surface area contributed by atoms with E-state index in [0.717, 1.165) is 0 Å². The highest BCUT2D eigenvalue weighted by Gasteiger charge is 2.63. The molecule has 0 spiro atoms. The average Bonchev–Trinajstić information content (AvgIpc) is 2.74. The number of benzene rings is 1. The molecule has 1 saturated carbocycles. The molecule has 1 aliphatic heterocycles. The van der Waals surface area contributed by atoms with Crippen molar-refractivity contribution in [2.45, 2.75) is 59.0 Å². The quantitative estimate of drug-likeness (QED) is 0.379. The Bertz CT molecular complexity index is 844. The largest absolute Gasteiger partial charge is 0.489 e. The summed E-state index contributed by atoms with van der Waals surface area (Å²) < 4.78 is 12.4. The van der Waals surface area contributed by atoms with E-state index in [9.17, 15) is 4.79 Å². The molecule has 3 N–H and O–H groups in total. The molecular weight excluding hydrogens is 430 g/mol. The van der Waals surface area contributed by atoms with Crippen molar-refractivity contribution in [2.24, 2.45) is 10.8 Å². The molecule has 1 unspecified atom stereocenters. The Kier molecular flexibility index (Phi) is 7.81. The molecule has 0 amide bonds. The average molecular weight is 464 g/mol. The zero-order chi connectivity index (χ0) is 23.5. The predicted molar refractivity (Wildman–Crippen MR) is 123 cm³/mol. The second-order valence-corrected chi connectivity index (χ2v) is 10.1. The van der Waals surface area contributed by atoms with Crippen LogP contribution in [0.1, 0.15) is 46.1 Å². The van der Waals surface area contributed by atoms with Gasteiger partial charge in [0.15, 0.2) is 6.35 Å². The fourth-order valence-electron chi connectivity index (χ4n) is 5.33. The zero-order valence-corrected chi connectivity index (χ0v) is 20.3. The third kappa shape index (κ3) is 5.09. The van der Waals surface area contributed by atoms with Gasteiger partial charge in [0.05, 0.1) is 10.6 Å². The van der Waals surface area contributed by atoms with Crippen molar-refractivity contribution in [2.75, 3.05) is 26.9 Å². The van der Waals surface area contributed by atoms with E-state index < -0.39 is 0 Å². The number of Topliss-reactive ketones (excluding diaryl/α,β-unsaturated/α-hetero) is 1. The molecule has 2 aliphatic rings. The molecule has 32 heavy (non-hydrogen) atoms. The number of likely N-dealkylation sites (tertiary alicyclic amines) is 1. The lowest BCUT2D eigenvalue weighted by Gasteiger charge is -2.63. The lowest BCUT2D eigenvalue weighted by Crippen LogP contribution is -2.74. The van der Waals surface area contributed by atoms with E-state index in [4.69, 9.17) is 26.3 Å². The van der Waals surface area contributed by atoms with Gasteiger partial charge in [-0.05, 0) is 19.2 Å². The van der Waals surface area contributed by atoms with Gasteiger partial charge in [-0.1, -0.05) is 39.3 Å². The molecule has 9 heteroatoms. The van der Waals surface area contributed by atoms with Crippen molar-refractivity contribution >= 4 is 17.4 Å². The summed E-state index contributed by atoms with van der Waals surface area (Å²) in [6, 6.07) is 7.40. The molecule has 1 saturated heterocycles. The monoisotopic (exact) mass is 463 g/mol. The molecule has 1 aliphatic carbocycles. The van der Waals surface area contributed by atoms with E-state index in [0.29, 0.717) is 54.8 Å². The van der Waals surface area contributed by atoms with Crippen LogP contribution in [0.15, 0.2) is 18.2 Å². The molecule has 0 bridgehead atoms. The van der Waals surface area contributed by atoms with E-state index in [2.05, 4.69) is 54.8 Å². The molecule has 0 radical (unpaired) electrons. The minimum absolute atomic E-state index is 0.0455. The van der Waals surface area contributed by atoms with Crippen molar-refractivity contribution in [1.29, 1.82) is 5.26 Å². The second kappa shape index (κ2) is 10.0. The Morgan fingerprint density at radius 2 is 1.91 bits per heavy atom. The lowest BCUT2D eigenvalue weighted by molar-refractivity contribution is -0.183. The lowest BCUT2D eigenvalue weighted by atomic mass is 9.49. The van der Waals surface area contributed by atoms with Crippen molar-refractivity contribution < 1.29 is 14.3 Å². The van der Waals surface area contributed by atoms with Crippen LogP contribution in [0, 0.1) is 22.2 Å². The Balaban J connectivity index is 1.58. The fraction of sp³-hybridized carbons (Fsp3) is 0.652. The first-order chi connectivity index (χ1) is 15.1. The highest BCUT2D eigenvalue weighted by atomic mass is 35.5. The third-order valence-corrected chi connectivity index (χ3v) is 6.95. The number of carbonyl (C=O) groups excluding carboxylic acids is 1. The number of hydrogen-bond acceptors (Lipinski definition) is 8. The van der Waals surface area contributed by atoms with Crippen LogP contribution >= 0.6 is 11.6 Å². The van der Waals surface area contributed by atoms with Gasteiger partial charge in [0.1, 0.15) is 30.4 Å². The summed E-state index contributed by atoms with van der Waals surface area (Å²) in [6.07, 6.45) is 0.745. The molecule has 1 aromatic rings. The number of rotatable bonds is 9. The maximum Gasteiger partial charge on any atom is 0.180 e. The number of hydrogen-bond donors (Lipinski definition) is 3. The van der Waals surface area contributed by atoms with Crippen LogP contribution in [0.2, 0.25) is 5.02 Å². The predicted octanol–water partition coefficient (Wildman–Crippen LogP) is 2.63. The van der Waals surface area contributed by atoms with Gasteiger partial charge in [0.2, 0.25) is 0 Å². The molecule has 0 aromatic heterocycles. The molecule has 1 aromatic carbocycles. The van der Waals surface area contributed by atoms with Crippen molar-refractivity contribution in [3.8, 4) is 11.8 Å². The number of ketones is 1. The number of nitriles is 1.